The van der Waals surface area contributed by atoms with E-state index < -0.39 is 0 Å². The van der Waals surface area contributed by atoms with Gasteiger partial charge in [0.2, 0.25) is 5.95 Å². The average molecular weight is 598 g/mol. The van der Waals surface area contributed by atoms with Crippen LogP contribution in [0.3, 0.4) is 0 Å². The molecule has 2 aromatic heterocycles. The quantitative estimate of drug-likeness (QED) is 0.352. The van der Waals surface area contributed by atoms with Crippen molar-refractivity contribution in [2.75, 3.05) is 45.7 Å². The van der Waals surface area contributed by atoms with E-state index in [-0.39, 0.29) is 17.4 Å². The number of aromatic nitrogens is 3. The van der Waals surface area contributed by atoms with E-state index in [4.69, 9.17) is 9.47 Å². The number of nitriles is 1. The van der Waals surface area contributed by atoms with Crippen LogP contribution in [0.5, 0.6) is 5.75 Å². The Bertz CT molecular complexity index is 1550. The molecular formula is C34H43N7O3. The minimum Gasteiger partial charge on any atom is -0.492 e. The van der Waals surface area contributed by atoms with Crippen molar-refractivity contribution in [3.05, 3.63) is 70.3 Å². The number of amides is 1. The first-order chi connectivity index (χ1) is 21.4. The van der Waals surface area contributed by atoms with E-state index in [0.717, 1.165) is 74.5 Å². The van der Waals surface area contributed by atoms with Crippen molar-refractivity contribution in [2.24, 2.45) is 0 Å². The van der Waals surface area contributed by atoms with Gasteiger partial charge in [-0.15, -0.1) is 0 Å². The van der Waals surface area contributed by atoms with Crippen molar-refractivity contribution in [1.29, 1.82) is 5.26 Å². The van der Waals surface area contributed by atoms with Gasteiger partial charge in [0.25, 0.3) is 5.91 Å². The third kappa shape index (κ3) is 5.55. The molecule has 10 nitrogen and oxygen atoms in total. The van der Waals surface area contributed by atoms with Crippen molar-refractivity contribution in [2.45, 2.75) is 76.6 Å². The Labute approximate surface area is 260 Å². The summed E-state index contributed by atoms with van der Waals surface area (Å²) >= 11 is 0. The third-order valence-corrected chi connectivity index (χ3v) is 9.84. The number of carbonyl (C=O) groups excluding carboxylic acids is 1. The number of anilines is 1. The van der Waals surface area contributed by atoms with Crippen LogP contribution in [0, 0.1) is 11.3 Å². The Morgan fingerprint density at radius 2 is 1.98 bits per heavy atom. The molecule has 1 saturated heterocycles. The molecule has 1 spiro atoms. The predicted molar refractivity (Wildman–Crippen MR) is 168 cm³/mol. The number of ether oxygens (including phenoxy) is 2. The summed E-state index contributed by atoms with van der Waals surface area (Å²) in [6, 6.07) is 8.18. The molecule has 2 aliphatic heterocycles. The summed E-state index contributed by atoms with van der Waals surface area (Å²) < 4.78 is 13.5. The van der Waals surface area contributed by atoms with Gasteiger partial charge >= 0.3 is 0 Å². The molecular weight excluding hydrogens is 554 g/mol. The van der Waals surface area contributed by atoms with Gasteiger partial charge < -0.3 is 24.3 Å². The maximum absolute atomic E-state index is 14.6. The molecule has 0 radical (unpaired) electrons. The SMILES string of the molecule is CCOc1cc([C@H](C)N2CC3(CCC3)c3c(CN4CCC(OC)CC4)cc(Cn4ccnc4NC)cc3C2=O)ncc1C#N. The topological polar surface area (TPSA) is 109 Å². The van der Waals surface area contributed by atoms with Crippen LogP contribution < -0.4 is 10.1 Å². The van der Waals surface area contributed by atoms with E-state index in [2.05, 4.69) is 43.0 Å². The summed E-state index contributed by atoms with van der Waals surface area (Å²) in [5.74, 6) is 1.34. The van der Waals surface area contributed by atoms with Crippen molar-refractivity contribution in [3.8, 4) is 11.8 Å². The van der Waals surface area contributed by atoms with Gasteiger partial charge in [0.1, 0.15) is 17.4 Å². The van der Waals surface area contributed by atoms with Crippen LogP contribution in [0.1, 0.15) is 90.3 Å². The first-order valence-electron chi connectivity index (χ1n) is 15.8. The standard InChI is InChI=1S/C34H43N7O3/c1-5-44-30-17-29(38-19-26(30)18-35)23(2)41-22-34(9-6-10-34)31-25(21-39-12-7-27(43-4)8-13-39)15-24(16-28(31)32(41)42)20-40-14-11-37-33(40)36-3/h11,14-17,19,23,27H,5-10,12-13,20-22H2,1-4H3,(H,36,37)/t23-/m0/s1. The molecule has 1 atom stereocenters. The molecule has 3 aliphatic rings. The molecule has 6 rings (SSSR count). The number of pyridine rings is 1. The molecule has 3 aromatic rings. The molecule has 1 amide bonds. The number of nitrogens with one attached hydrogen (secondary N) is 1. The summed E-state index contributed by atoms with van der Waals surface area (Å²) in [5, 5.41) is 12.7. The van der Waals surface area contributed by atoms with Gasteiger partial charge in [-0.25, -0.2) is 4.98 Å². The van der Waals surface area contributed by atoms with Gasteiger partial charge in [-0.2, -0.15) is 5.26 Å². The van der Waals surface area contributed by atoms with Crippen molar-refractivity contribution < 1.29 is 14.3 Å². The van der Waals surface area contributed by atoms with Crippen molar-refractivity contribution in [3.63, 3.8) is 0 Å². The molecule has 1 N–H and O–H groups in total. The predicted octanol–water partition coefficient (Wildman–Crippen LogP) is 4.89. The Kier molecular flexibility index (Phi) is 8.61. The summed E-state index contributed by atoms with van der Waals surface area (Å²) in [4.78, 5) is 28.1. The average Bonchev–Trinajstić information content (AvgIpc) is 3.48. The Balaban J connectivity index is 1.40. The Morgan fingerprint density at radius 1 is 1.18 bits per heavy atom. The molecule has 0 unspecified atom stereocenters. The first kappa shape index (κ1) is 30.1. The maximum atomic E-state index is 14.6. The third-order valence-electron chi connectivity index (χ3n) is 9.84. The van der Waals surface area contributed by atoms with Crippen LogP contribution in [-0.2, 0) is 23.2 Å². The molecule has 2 fully saturated rings. The molecule has 1 aliphatic carbocycles. The highest BCUT2D eigenvalue weighted by molar-refractivity contribution is 5.98. The molecule has 44 heavy (non-hydrogen) atoms. The maximum Gasteiger partial charge on any atom is 0.254 e. The number of likely N-dealkylation sites (tertiary alicyclic amines) is 1. The zero-order valence-electron chi connectivity index (χ0n) is 26.3. The van der Waals surface area contributed by atoms with E-state index in [1.807, 2.05) is 38.1 Å². The molecule has 4 heterocycles. The van der Waals surface area contributed by atoms with E-state index in [0.29, 0.717) is 37.1 Å². The second kappa shape index (κ2) is 12.6. The number of carbonyl (C=O) groups is 1. The molecule has 10 heteroatoms. The van der Waals surface area contributed by atoms with Gasteiger partial charge in [0.15, 0.2) is 0 Å². The van der Waals surface area contributed by atoms with Gasteiger partial charge in [-0.05, 0) is 62.3 Å². The highest BCUT2D eigenvalue weighted by atomic mass is 16.5. The minimum absolute atomic E-state index is 0.0369. The molecule has 1 saturated carbocycles. The second-order valence-corrected chi connectivity index (χ2v) is 12.4. The summed E-state index contributed by atoms with van der Waals surface area (Å²) in [7, 11) is 3.68. The van der Waals surface area contributed by atoms with Crippen LogP contribution in [0.25, 0.3) is 0 Å². The summed E-state index contributed by atoms with van der Waals surface area (Å²) in [5.41, 5.74) is 5.48. The van der Waals surface area contributed by atoms with E-state index in [1.54, 1.807) is 19.5 Å². The normalized spacial score (nSPS) is 18.9. The van der Waals surface area contributed by atoms with Gasteiger partial charge in [0, 0.05) is 76.0 Å². The zero-order chi connectivity index (χ0) is 30.8. The molecule has 1 aromatic carbocycles. The second-order valence-electron chi connectivity index (χ2n) is 12.4. The minimum atomic E-state index is -0.273. The lowest BCUT2D eigenvalue weighted by Gasteiger charge is -2.52. The fourth-order valence-corrected chi connectivity index (χ4v) is 7.34. The lowest BCUT2D eigenvalue weighted by Crippen LogP contribution is -2.54. The number of rotatable bonds is 10. The fourth-order valence-electron chi connectivity index (χ4n) is 7.34. The number of hydrogen-bond acceptors (Lipinski definition) is 8. The summed E-state index contributed by atoms with van der Waals surface area (Å²) in [6.07, 6.45) is 11.0. The number of methoxy groups -OCH3 is 1. The summed E-state index contributed by atoms with van der Waals surface area (Å²) in [6.45, 7) is 8.46. The van der Waals surface area contributed by atoms with Crippen LogP contribution in [-0.4, -0.2) is 76.7 Å². The van der Waals surface area contributed by atoms with Crippen molar-refractivity contribution in [1.82, 2.24) is 24.3 Å². The first-order valence-corrected chi connectivity index (χ1v) is 15.8. The number of piperidine rings is 1. The van der Waals surface area contributed by atoms with Crippen LogP contribution in [0.2, 0.25) is 0 Å². The highest BCUT2D eigenvalue weighted by Gasteiger charge is 2.49. The number of benzene rings is 1. The van der Waals surface area contributed by atoms with Crippen LogP contribution in [0.4, 0.5) is 5.95 Å². The van der Waals surface area contributed by atoms with Crippen LogP contribution >= 0.6 is 0 Å². The van der Waals surface area contributed by atoms with E-state index >= 15 is 0 Å². The lowest BCUT2D eigenvalue weighted by molar-refractivity contribution is 0.0376. The van der Waals surface area contributed by atoms with Gasteiger partial charge in [-0.1, -0.05) is 12.5 Å². The van der Waals surface area contributed by atoms with E-state index in [9.17, 15) is 10.1 Å². The zero-order valence-corrected chi connectivity index (χ0v) is 26.3. The van der Waals surface area contributed by atoms with Gasteiger partial charge in [0.05, 0.1) is 31.0 Å². The largest absolute Gasteiger partial charge is 0.492 e. The number of fused-ring (bicyclic) bond motifs is 2. The smallest absolute Gasteiger partial charge is 0.254 e. The highest BCUT2D eigenvalue weighted by Crippen LogP contribution is 2.51. The van der Waals surface area contributed by atoms with Crippen molar-refractivity contribution >= 4 is 11.9 Å². The fraction of sp³-hybridized carbons (Fsp3) is 0.529. The Hall–Kier alpha value is -3.94. The number of nitrogens with zero attached hydrogens (tertiary/aromatic N) is 6. The van der Waals surface area contributed by atoms with Crippen LogP contribution in [0.15, 0.2) is 36.8 Å². The van der Waals surface area contributed by atoms with E-state index in [1.165, 1.54) is 11.1 Å². The molecule has 0 bridgehead atoms. The van der Waals surface area contributed by atoms with Gasteiger partial charge in [-0.3, -0.25) is 14.7 Å². The number of hydrogen-bond donors (Lipinski definition) is 1. The monoisotopic (exact) mass is 597 g/mol. The molecule has 232 valence electrons. The lowest BCUT2D eigenvalue weighted by atomic mass is 9.60. The Morgan fingerprint density at radius 3 is 2.64 bits per heavy atom. The number of imidazole rings is 1.